The molecule has 2 N–H and O–H groups in total. The number of sulfonamides is 1. The minimum Gasteiger partial charge on any atom is -0.480 e. The topological polar surface area (TPSA) is 116 Å². The molecule has 1 heterocycles. The monoisotopic (exact) mass is 399 g/mol. The predicted molar refractivity (Wildman–Crippen MR) is 99.1 cm³/mol. The van der Waals surface area contributed by atoms with Gasteiger partial charge in [0.05, 0.1) is 24.7 Å². The number of likely N-dealkylation sites (N-methyl/N-ethyl adjacent to an activating group) is 1. The van der Waals surface area contributed by atoms with Gasteiger partial charge in [-0.2, -0.15) is 4.31 Å². The molecule has 1 unspecified atom stereocenters. The van der Waals surface area contributed by atoms with Crippen molar-refractivity contribution in [2.24, 2.45) is 0 Å². The van der Waals surface area contributed by atoms with Gasteiger partial charge in [0.15, 0.2) is 0 Å². The number of hydrogen-bond acceptors (Lipinski definition) is 6. The van der Waals surface area contributed by atoms with Gasteiger partial charge in [0.25, 0.3) is 0 Å². The van der Waals surface area contributed by atoms with E-state index in [1.807, 2.05) is 0 Å². The number of hydrogen-bond donors (Lipinski definition) is 2. The molecule has 1 aliphatic rings. The van der Waals surface area contributed by atoms with Crippen LogP contribution in [0.25, 0.3) is 0 Å². The van der Waals surface area contributed by atoms with Gasteiger partial charge in [-0.25, -0.2) is 8.42 Å². The summed E-state index contributed by atoms with van der Waals surface area (Å²) in [5, 5.41) is 11.6. The van der Waals surface area contributed by atoms with E-state index in [0.717, 1.165) is 0 Å². The SMILES string of the molecule is Cc1ccc(NC(=O)CN(C)C(C)C(=O)O)cc1S(=O)(=O)N1CCOCC1. The van der Waals surface area contributed by atoms with Crippen LogP contribution < -0.4 is 5.32 Å². The van der Waals surface area contributed by atoms with Crippen molar-refractivity contribution in [1.82, 2.24) is 9.21 Å². The summed E-state index contributed by atoms with van der Waals surface area (Å²) >= 11 is 0. The molecule has 1 aliphatic heterocycles. The van der Waals surface area contributed by atoms with Crippen LogP contribution >= 0.6 is 0 Å². The molecule has 0 spiro atoms. The molecule has 0 aliphatic carbocycles. The molecular formula is C17H25N3O6S. The summed E-state index contributed by atoms with van der Waals surface area (Å²) in [6.07, 6.45) is 0. The second-order valence-electron chi connectivity index (χ2n) is 6.47. The lowest BCUT2D eigenvalue weighted by molar-refractivity contribution is -0.142. The standard InChI is InChI=1S/C17H25N3O6S/c1-12-4-5-14(18-16(21)11-19(3)13(2)17(22)23)10-15(12)27(24,25)20-6-8-26-9-7-20/h4-5,10,13H,6-9,11H2,1-3H3,(H,18,21)(H,22,23). The summed E-state index contributed by atoms with van der Waals surface area (Å²) in [5.41, 5.74) is 0.921. The third-order valence-corrected chi connectivity index (χ3v) is 6.51. The Balaban J connectivity index is 2.15. The van der Waals surface area contributed by atoms with Gasteiger partial charge in [0, 0.05) is 18.8 Å². The van der Waals surface area contributed by atoms with Crippen LogP contribution in [0.5, 0.6) is 0 Å². The zero-order valence-electron chi connectivity index (χ0n) is 15.6. The third kappa shape index (κ3) is 5.25. The quantitative estimate of drug-likeness (QED) is 0.680. The number of aliphatic carboxylic acids is 1. The summed E-state index contributed by atoms with van der Waals surface area (Å²) < 4.78 is 32.3. The Labute approximate surface area is 159 Å². The van der Waals surface area contributed by atoms with E-state index in [0.29, 0.717) is 24.5 Å². The molecule has 1 saturated heterocycles. The predicted octanol–water partition coefficient (Wildman–Crippen LogP) is 0.359. The third-order valence-electron chi connectivity index (χ3n) is 4.47. The van der Waals surface area contributed by atoms with Crippen LogP contribution in [0.3, 0.4) is 0 Å². The molecule has 9 nitrogen and oxygen atoms in total. The molecule has 10 heteroatoms. The molecule has 1 fully saturated rings. The maximum atomic E-state index is 12.9. The fourth-order valence-electron chi connectivity index (χ4n) is 2.63. The van der Waals surface area contributed by atoms with Crippen molar-refractivity contribution in [3.8, 4) is 0 Å². The lowest BCUT2D eigenvalue weighted by Gasteiger charge is -2.27. The Morgan fingerprint density at radius 1 is 1.33 bits per heavy atom. The largest absolute Gasteiger partial charge is 0.480 e. The number of carbonyl (C=O) groups excluding carboxylic acids is 1. The number of nitrogens with zero attached hydrogens (tertiary/aromatic N) is 2. The first kappa shape index (κ1) is 21.3. The maximum absolute atomic E-state index is 12.9. The zero-order chi connectivity index (χ0) is 20.2. The number of rotatable bonds is 7. The Morgan fingerprint density at radius 2 is 1.96 bits per heavy atom. The molecule has 1 aromatic carbocycles. The highest BCUT2D eigenvalue weighted by molar-refractivity contribution is 7.89. The van der Waals surface area contributed by atoms with Crippen LogP contribution in [0.1, 0.15) is 12.5 Å². The number of carboxylic acids is 1. The molecule has 0 radical (unpaired) electrons. The Morgan fingerprint density at radius 3 is 2.56 bits per heavy atom. The summed E-state index contributed by atoms with van der Waals surface area (Å²) in [4.78, 5) is 24.7. The molecule has 1 amide bonds. The fourth-order valence-corrected chi connectivity index (χ4v) is 4.29. The van der Waals surface area contributed by atoms with Gasteiger partial charge in [-0.1, -0.05) is 6.07 Å². The average Bonchev–Trinajstić information content (AvgIpc) is 2.63. The average molecular weight is 399 g/mol. The summed E-state index contributed by atoms with van der Waals surface area (Å²) in [6.45, 7) is 4.32. The van der Waals surface area contributed by atoms with Crippen molar-refractivity contribution in [2.45, 2.75) is 24.8 Å². The molecule has 0 aromatic heterocycles. The number of morpholine rings is 1. The second kappa shape index (κ2) is 8.79. The van der Waals surface area contributed by atoms with Crippen molar-refractivity contribution in [1.29, 1.82) is 0 Å². The van der Waals surface area contributed by atoms with Crippen molar-refractivity contribution in [2.75, 3.05) is 45.2 Å². The molecular weight excluding hydrogens is 374 g/mol. The Bertz CT molecular complexity index is 805. The summed E-state index contributed by atoms with van der Waals surface area (Å²) in [7, 11) is -2.16. The molecule has 1 aromatic rings. The normalized spacial score (nSPS) is 16.9. The van der Waals surface area contributed by atoms with Crippen LogP contribution in [-0.4, -0.2) is 80.5 Å². The van der Waals surface area contributed by atoms with Crippen molar-refractivity contribution in [3.05, 3.63) is 23.8 Å². The Kier molecular flexibility index (Phi) is 6.93. The number of carboxylic acid groups (broad SMARTS) is 1. The first-order chi connectivity index (χ1) is 12.6. The molecule has 0 bridgehead atoms. The van der Waals surface area contributed by atoms with Gasteiger partial charge < -0.3 is 15.2 Å². The summed E-state index contributed by atoms with van der Waals surface area (Å²) in [5.74, 6) is -1.45. The van der Waals surface area contributed by atoms with Crippen LogP contribution in [0, 0.1) is 6.92 Å². The molecule has 0 saturated carbocycles. The van der Waals surface area contributed by atoms with Gasteiger partial charge in [-0.05, 0) is 38.6 Å². The minimum absolute atomic E-state index is 0.132. The lowest BCUT2D eigenvalue weighted by atomic mass is 10.2. The highest BCUT2D eigenvalue weighted by atomic mass is 32.2. The Hall–Kier alpha value is -2.01. The van der Waals surface area contributed by atoms with E-state index in [1.54, 1.807) is 19.1 Å². The van der Waals surface area contributed by atoms with Crippen molar-refractivity contribution >= 4 is 27.6 Å². The van der Waals surface area contributed by atoms with E-state index in [2.05, 4.69) is 5.32 Å². The number of anilines is 1. The smallest absolute Gasteiger partial charge is 0.320 e. The van der Waals surface area contributed by atoms with E-state index >= 15 is 0 Å². The van der Waals surface area contributed by atoms with E-state index in [4.69, 9.17) is 9.84 Å². The molecule has 150 valence electrons. The highest BCUT2D eigenvalue weighted by Gasteiger charge is 2.28. The first-order valence-corrected chi connectivity index (χ1v) is 9.98. The van der Waals surface area contributed by atoms with E-state index in [9.17, 15) is 18.0 Å². The van der Waals surface area contributed by atoms with Crippen molar-refractivity contribution < 1.29 is 27.9 Å². The first-order valence-electron chi connectivity index (χ1n) is 8.54. The number of carbonyl (C=O) groups is 2. The minimum atomic E-state index is -3.68. The van der Waals surface area contributed by atoms with Crippen molar-refractivity contribution in [3.63, 3.8) is 0 Å². The lowest BCUT2D eigenvalue weighted by Crippen LogP contribution is -2.41. The summed E-state index contributed by atoms with van der Waals surface area (Å²) in [6, 6.07) is 3.86. The van der Waals surface area contributed by atoms with Crippen LogP contribution in [0.4, 0.5) is 5.69 Å². The van der Waals surface area contributed by atoms with Gasteiger partial charge in [-0.15, -0.1) is 0 Å². The fraction of sp³-hybridized carbons (Fsp3) is 0.529. The number of ether oxygens (including phenoxy) is 1. The van der Waals surface area contributed by atoms with Gasteiger partial charge in [-0.3, -0.25) is 14.5 Å². The number of benzene rings is 1. The van der Waals surface area contributed by atoms with E-state index < -0.39 is 27.9 Å². The highest BCUT2D eigenvalue weighted by Crippen LogP contribution is 2.24. The molecule has 27 heavy (non-hydrogen) atoms. The number of nitrogens with one attached hydrogen (secondary N) is 1. The van der Waals surface area contributed by atoms with Gasteiger partial charge in [0.1, 0.15) is 6.04 Å². The molecule has 2 rings (SSSR count). The maximum Gasteiger partial charge on any atom is 0.320 e. The van der Waals surface area contributed by atoms with Crippen LogP contribution in [-0.2, 0) is 24.3 Å². The van der Waals surface area contributed by atoms with E-state index in [1.165, 1.54) is 29.2 Å². The van der Waals surface area contributed by atoms with Gasteiger partial charge >= 0.3 is 5.97 Å². The van der Waals surface area contributed by atoms with Crippen LogP contribution in [0.2, 0.25) is 0 Å². The van der Waals surface area contributed by atoms with E-state index in [-0.39, 0.29) is 24.5 Å². The number of aryl methyl sites for hydroxylation is 1. The van der Waals surface area contributed by atoms with Gasteiger partial charge in [0.2, 0.25) is 15.9 Å². The zero-order valence-corrected chi connectivity index (χ0v) is 16.5. The second-order valence-corrected chi connectivity index (χ2v) is 8.38. The number of amides is 1. The molecule has 1 atom stereocenters. The van der Waals surface area contributed by atoms with Crippen LogP contribution in [0.15, 0.2) is 23.1 Å².